The van der Waals surface area contributed by atoms with E-state index in [1.807, 2.05) is 0 Å². The highest BCUT2D eigenvalue weighted by Crippen LogP contribution is 2.30. The van der Waals surface area contributed by atoms with Gasteiger partial charge in [0, 0.05) is 28.8 Å². The van der Waals surface area contributed by atoms with Crippen molar-refractivity contribution in [3.05, 3.63) is 40.9 Å². The molecule has 0 fully saturated rings. The minimum Gasteiger partial charge on any atom is -0.375 e. The number of anilines is 2. The molecule has 22 heavy (non-hydrogen) atoms. The van der Waals surface area contributed by atoms with Crippen molar-refractivity contribution < 1.29 is 4.39 Å². The van der Waals surface area contributed by atoms with Gasteiger partial charge in [0.1, 0.15) is 18.0 Å². The van der Waals surface area contributed by atoms with Crippen molar-refractivity contribution in [3.8, 4) is 0 Å². The van der Waals surface area contributed by atoms with Crippen LogP contribution in [0, 0.1) is 5.82 Å². The number of aryl methyl sites for hydroxylation is 1. The summed E-state index contributed by atoms with van der Waals surface area (Å²) in [6.45, 7) is 0. The lowest BCUT2D eigenvalue weighted by Gasteiger charge is -2.23. The number of aromatic nitrogens is 3. The number of nitrogens with zero attached hydrogens (tertiary/aromatic N) is 3. The predicted molar refractivity (Wildman–Crippen MR) is 85.5 cm³/mol. The molecular formula is C15H14FN5S. The first-order valence-corrected chi connectivity index (χ1v) is 7.91. The zero-order valence-electron chi connectivity index (χ0n) is 11.7. The summed E-state index contributed by atoms with van der Waals surface area (Å²) in [5.74, 6) is 0.454. The summed E-state index contributed by atoms with van der Waals surface area (Å²) in [5, 5.41) is 4.92. The zero-order valence-corrected chi connectivity index (χ0v) is 12.5. The van der Waals surface area contributed by atoms with Gasteiger partial charge in [0.15, 0.2) is 5.13 Å². The fourth-order valence-corrected chi connectivity index (χ4v) is 3.82. The molecule has 0 saturated heterocycles. The Hall–Kier alpha value is -2.28. The van der Waals surface area contributed by atoms with Crippen molar-refractivity contribution in [2.45, 2.75) is 25.3 Å². The van der Waals surface area contributed by atoms with Crippen LogP contribution in [0.1, 0.15) is 17.0 Å². The lowest BCUT2D eigenvalue weighted by molar-refractivity contribution is 0.608. The highest BCUT2D eigenvalue weighted by atomic mass is 32.1. The second-order valence-corrected chi connectivity index (χ2v) is 6.50. The molecule has 1 unspecified atom stereocenters. The van der Waals surface area contributed by atoms with Crippen molar-refractivity contribution in [3.63, 3.8) is 0 Å². The van der Waals surface area contributed by atoms with E-state index in [2.05, 4.69) is 20.3 Å². The summed E-state index contributed by atoms with van der Waals surface area (Å²) in [6.07, 6.45) is 4.24. The fraction of sp³-hybridized carbons (Fsp3) is 0.267. The molecule has 112 valence electrons. The number of halogens is 1. The zero-order chi connectivity index (χ0) is 15.1. The van der Waals surface area contributed by atoms with Crippen LogP contribution in [-0.4, -0.2) is 21.0 Å². The first kappa shape index (κ1) is 13.4. The maximum absolute atomic E-state index is 13.3. The molecule has 0 saturated carbocycles. The molecule has 4 rings (SSSR count). The van der Waals surface area contributed by atoms with Crippen LogP contribution >= 0.6 is 11.3 Å². The SMILES string of the molecule is Nc1nc2c(s1)CC(Nc1ncnc3cc(F)ccc13)CC2. The number of benzene rings is 1. The number of fused-ring (bicyclic) bond motifs is 2. The Balaban J connectivity index is 1.62. The molecular weight excluding hydrogens is 301 g/mol. The predicted octanol–water partition coefficient (Wildman–Crippen LogP) is 2.78. The Morgan fingerprint density at radius 2 is 2.23 bits per heavy atom. The molecule has 1 atom stereocenters. The van der Waals surface area contributed by atoms with Crippen LogP contribution in [0.3, 0.4) is 0 Å². The smallest absolute Gasteiger partial charge is 0.180 e. The Labute approximate surface area is 130 Å². The monoisotopic (exact) mass is 315 g/mol. The first-order chi connectivity index (χ1) is 10.7. The van der Waals surface area contributed by atoms with E-state index in [9.17, 15) is 4.39 Å². The third-order valence-electron chi connectivity index (χ3n) is 3.90. The van der Waals surface area contributed by atoms with Gasteiger partial charge in [-0.3, -0.25) is 0 Å². The number of rotatable bonds is 2. The van der Waals surface area contributed by atoms with Crippen LogP contribution in [0.25, 0.3) is 10.9 Å². The molecule has 0 aliphatic heterocycles. The Morgan fingerprint density at radius 1 is 1.32 bits per heavy atom. The van der Waals surface area contributed by atoms with Crippen molar-refractivity contribution in [1.82, 2.24) is 15.0 Å². The van der Waals surface area contributed by atoms with Crippen molar-refractivity contribution in [2.75, 3.05) is 11.1 Å². The second-order valence-electron chi connectivity index (χ2n) is 5.39. The largest absolute Gasteiger partial charge is 0.375 e. The number of hydrogen-bond donors (Lipinski definition) is 2. The molecule has 1 aliphatic carbocycles. The van der Waals surface area contributed by atoms with Gasteiger partial charge in [0.25, 0.3) is 0 Å². The lowest BCUT2D eigenvalue weighted by atomic mass is 9.97. The Morgan fingerprint density at radius 3 is 3.14 bits per heavy atom. The number of nitrogen functional groups attached to an aromatic ring is 1. The minimum atomic E-state index is -0.292. The van der Waals surface area contributed by atoms with Gasteiger partial charge in [-0.1, -0.05) is 0 Å². The lowest BCUT2D eigenvalue weighted by Crippen LogP contribution is -2.27. The van der Waals surface area contributed by atoms with Crippen molar-refractivity contribution >= 4 is 33.2 Å². The van der Waals surface area contributed by atoms with Gasteiger partial charge in [-0.05, 0) is 25.0 Å². The summed E-state index contributed by atoms with van der Waals surface area (Å²) in [4.78, 5) is 14.0. The maximum Gasteiger partial charge on any atom is 0.180 e. The second kappa shape index (κ2) is 5.17. The summed E-state index contributed by atoms with van der Waals surface area (Å²) >= 11 is 1.55. The average molecular weight is 315 g/mol. The molecule has 3 N–H and O–H groups in total. The molecule has 1 aliphatic rings. The van der Waals surface area contributed by atoms with E-state index in [1.54, 1.807) is 17.4 Å². The molecule has 5 nitrogen and oxygen atoms in total. The van der Waals surface area contributed by atoms with Crippen LogP contribution in [0.2, 0.25) is 0 Å². The minimum absolute atomic E-state index is 0.274. The fourth-order valence-electron chi connectivity index (χ4n) is 2.86. The number of nitrogens with two attached hydrogens (primary N) is 1. The van der Waals surface area contributed by atoms with Crippen LogP contribution in [0.15, 0.2) is 24.5 Å². The molecule has 0 amide bonds. The quantitative estimate of drug-likeness (QED) is 0.760. The van der Waals surface area contributed by atoms with Crippen molar-refractivity contribution in [1.29, 1.82) is 0 Å². The van der Waals surface area contributed by atoms with Gasteiger partial charge in [-0.25, -0.2) is 19.3 Å². The Bertz CT molecular complexity index is 847. The number of thiazole rings is 1. The Kier molecular flexibility index (Phi) is 3.15. The molecule has 0 radical (unpaired) electrons. The summed E-state index contributed by atoms with van der Waals surface area (Å²) < 4.78 is 13.3. The van der Waals surface area contributed by atoms with E-state index in [4.69, 9.17) is 5.73 Å². The molecule has 0 spiro atoms. The summed E-state index contributed by atoms with van der Waals surface area (Å²) in [6, 6.07) is 4.84. The maximum atomic E-state index is 13.3. The molecule has 1 aromatic carbocycles. The van der Waals surface area contributed by atoms with Gasteiger partial charge >= 0.3 is 0 Å². The standard InChI is InChI=1S/C15H14FN5S/c16-8-1-3-10-12(5-8)18-7-19-14(10)20-9-2-4-11-13(6-9)22-15(17)21-11/h1,3,5,7,9H,2,4,6H2,(H2,17,21)(H,18,19,20). The van der Waals surface area contributed by atoms with Crippen LogP contribution in [0.5, 0.6) is 0 Å². The van der Waals surface area contributed by atoms with E-state index >= 15 is 0 Å². The van der Waals surface area contributed by atoms with Crippen LogP contribution in [0.4, 0.5) is 15.3 Å². The number of nitrogens with one attached hydrogen (secondary N) is 1. The van der Waals surface area contributed by atoms with Gasteiger partial charge < -0.3 is 11.1 Å². The molecule has 0 bridgehead atoms. The van der Waals surface area contributed by atoms with Gasteiger partial charge in [0.05, 0.1) is 11.2 Å². The van der Waals surface area contributed by atoms with Crippen LogP contribution < -0.4 is 11.1 Å². The molecule has 2 aromatic heterocycles. The van der Waals surface area contributed by atoms with Gasteiger partial charge in [-0.15, -0.1) is 11.3 Å². The average Bonchev–Trinajstić information content (AvgIpc) is 2.86. The van der Waals surface area contributed by atoms with E-state index in [0.29, 0.717) is 10.6 Å². The van der Waals surface area contributed by atoms with E-state index in [-0.39, 0.29) is 11.9 Å². The third kappa shape index (κ3) is 2.37. The normalized spacial score (nSPS) is 17.4. The highest BCUT2D eigenvalue weighted by molar-refractivity contribution is 7.15. The summed E-state index contributed by atoms with van der Waals surface area (Å²) in [7, 11) is 0. The highest BCUT2D eigenvalue weighted by Gasteiger charge is 2.22. The molecule has 3 aromatic rings. The van der Waals surface area contributed by atoms with E-state index in [1.165, 1.54) is 23.3 Å². The van der Waals surface area contributed by atoms with Gasteiger partial charge in [0.2, 0.25) is 0 Å². The third-order valence-corrected chi connectivity index (χ3v) is 4.84. The first-order valence-electron chi connectivity index (χ1n) is 7.10. The van der Waals surface area contributed by atoms with Crippen LogP contribution in [-0.2, 0) is 12.8 Å². The van der Waals surface area contributed by atoms with E-state index < -0.39 is 0 Å². The van der Waals surface area contributed by atoms with E-state index in [0.717, 1.165) is 36.2 Å². The topological polar surface area (TPSA) is 76.7 Å². The van der Waals surface area contributed by atoms with Gasteiger partial charge in [-0.2, -0.15) is 0 Å². The summed E-state index contributed by atoms with van der Waals surface area (Å²) in [5.41, 5.74) is 7.50. The van der Waals surface area contributed by atoms with Crippen molar-refractivity contribution in [2.24, 2.45) is 0 Å². The molecule has 7 heteroatoms. The number of hydrogen-bond acceptors (Lipinski definition) is 6. The molecule has 2 heterocycles.